The zero-order chi connectivity index (χ0) is 76.0. The zero-order valence-corrected chi connectivity index (χ0v) is 68.0. The number of aliphatic hydroxyl groups excluding tert-OH is 1. The molecule has 0 heterocycles. The second-order valence-corrected chi connectivity index (χ2v) is 31.0. The van der Waals surface area contributed by atoms with Gasteiger partial charge in [0.1, 0.15) is 19.3 Å². The van der Waals surface area contributed by atoms with Gasteiger partial charge >= 0.3 is 39.5 Å². The van der Waals surface area contributed by atoms with E-state index < -0.39 is 97.5 Å². The third-order valence-electron chi connectivity index (χ3n) is 17.8. The first-order chi connectivity index (χ1) is 50.7. The summed E-state index contributed by atoms with van der Waals surface area (Å²) >= 11 is 0. The summed E-state index contributed by atoms with van der Waals surface area (Å²) in [5.74, 6) is -2.26. The molecule has 0 rings (SSSR count). The van der Waals surface area contributed by atoms with Crippen LogP contribution in [0, 0.1) is 0 Å². The lowest BCUT2D eigenvalue weighted by atomic mass is 10.0. The van der Waals surface area contributed by atoms with Crippen LogP contribution in [-0.4, -0.2) is 96.7 Å². The molecule has 19 heteroatoms. The molecule has 104 heavy (non-hydrogen) atoms. The lowest BCUT2D eigenvalue weighted by molar-refractivity contribution is -0.161. The predicted molar refractivity (Wildman–Crippen MR) is 427 cm³/mol. The molecule has 2 unspecified atom stereocenters. The van der Waals surface area contributed by atoms with E-state index in [0.29, 0.717) is 32.1 Å². The Morgan fingerprint density at radius 1 is 0.269 bits per heavy atom. The number of allylic oxidation sites excluding steroid dienone is 14. The number of unbranched alkanes of at least 4 members (excludes halogenated alkanes) is 39. The Kier molecular flexibility index (Phi) is 74.6. The molecular weight excluding hydrogens is 1350 g/mol. The Hall–Kier alpha value is -3.76. The number of esters is 4. The fourth-order valence-electron chi connectivity index (χ4n) is 11.4. The standard InChI is InChI=1S/C85H152O17P2/c1-5-9-13-17-21-25-29-33-37-38-39-40-44-48-52-56-60-64-68-72-85(90)102-81(76-96-83(88)70-66-62-58-54-50-46-42-35-31-27-23-19-15-11-7-3)78-100-104(93,94)98-74-79(86)73-97-103(91,92)99-77-80(101-84(89)71-67-63-59-55-51-47-43-36-32-28-24-20-16-12-8-4)75-95-82(87)69-65-61-57-53-49-45-41-34-30-26-22-18-14-10-6-2/h21,25,28,32-34,37,39-41,48,52,60,64,79-81,86H,5-20,22-24,26-27,29-31,35-36,38,42-47,49-51,53-59,61-63,65-78H2,1-4H3,(H,91,92)(H,93,94)/b25-21-,32-28-,37-33-,40-39-,41-34-,52-48-,64-60-/t79-,80-,81-/m1/s1. The van der Waals surface area contributed by atoms with Crippen molar-refractivity contribution in [3.63, 3.8) is 0 Å². The first-order valence-corrected chi connectivity index (χ1v) is 44.8. The fourth-order valence-corrected chi connectivity index (χ4v) is 13.0. The molecule has 0 aliphatic heterocycles. The minimum atomic E-state index is -4.99. The Morgan fingerprint density at radius 2 is 0.490 bits per heavy atom. The average Bonchev–Trinajstić information content (AvgIpc) is 0.943. The maximum Gasteiger partial charge on any atom is 0.472 e. The molecule has 0 aromatic carbocycles. The third-order valence-corrected chi connectivity index (χ3v) is 19.7. The van der Waals surface area contributed by atoms with Gasteiger partial charge in [0.25, 0.3) is 0 Å². The van der Waals surface area contributed by atoms with Crippen molar-refractivity contribution in [3.8, 4) is 0 Å². The molecule has 604 valence electrons. The lowest BCUT2D eigenvalue weighted by Crippen LogP contribution is -2.30. The van der Waals surface area contributed by atoms with Crippen LogP contribution < -0.4 is 0 Å². The molecule has 0 spiro atoms. The second kappa shape index (κ2) is 77.4. The van der Waals surface area contributed by atoms with E-state index in [2.05, 4.69) is 94.5 Å². The van der Waals surface area contributed by atoms with Gasteiger partial charge in [-0.3, -0.25) is 37.3 Å². The molecule has 0 bridgehead atoms. The van der Waals surface area contributed by atoms with Gasteiger partial charge in [0.05, 0.1) is 26.4 Å². The molecule has 0 fully saturated rings. The van der Waals surface area contributed by atoms with E-state index in [1.54, 1.807) is 0 Å². The molecule has 0 aromatic rings. The van der Waals surface area contributed by atoms with Crippen LogP contribution in [0.5, 0.6) is 0 Å². The predicted octanol–water partition coefficient (Wildman–Crippen LogP) is 24.6. The molecule has 17 nitrogen and oxygen atoms in total. The molecule has 0 saturated carbocycles. The van der Waals surface area contributed by atoms with Crippen molar-refractivity contribution in [1.82, 2.24) is 0 Å². The van der Waals surface area contributed by atoms with Crippen LogP contribution in [-0.2, 0) is 65.4 Å². The third kappa shape index (κ3) is 76.4. The second-order valence-electron chi connectivity index (χ2n) is 28.1. The van der Waals surface area contributed by atoms with Crippen LogP contribution in [0.15, 0.2) is 85.1 Å². The smallest absolute Gasteiger partial charge is 0.462 e. The van der Waals surface area contributed by atoms with Gasteiger partial charge in [0, 0.05) is 25.7 Å². The van der Waals surface area contributed by atoms with Gasteiger partial charge in [-0.25, -0.2) is 9.13 Å². The number of phosphoric acid groups is 2. The van der Waals surface area contributed by atoms with Gasteiger partial charge in [-0.2, -0.15) is 0 Å². The summed E-state index contributed by atoms with van der Waals surface area (Å²) in [6.07, 6.45) is 81.3. The number of aliphatic hydroxyl groups is 1. The van der Waals surface area contributed by atoms with Gasteiger partial charge in [0.15, 0.2) is 12.2 Å². The monoisotopic (exact) mass is 1510 g/mol. The van der Waals surface area contributed by atoms with Gasteiger partial charge < -0.3 is 33.8 Å². The van der Waals surface area contributed by atoms with Crippen LogP contribution >= 0.6 is 15.6 Å². The summed E-state index contributed by atoms with van der Waals surface area (Å²) in [7, 11) is -9.98. The number of ether oxygens (including phenoxy) is 4. The van der Waals surface area contributed by atoms with E-state index in [1.807, 2.05) is 18.2 Å². The maximum absolute atomic E-state index is 13.1. The molecule has 0 aliphatic carbocycles. The molecular formula is C85H152O17P2. The molecule has 0 aromatic heterocycles. The van der Waals surface area contributed by atoms with Crippen LogP contribution in [0.25, 0.3) is 0 Å². The number of hydrogen-bond acceptors (Lipinski definition) is 15. The molecule has 5 atom stereocenters. The molecule has 3 N–H and O–H groups in total. The van der Waals surface area contributed by atoms with Gasteiger partial charge in [0.2, 0.25) is 0 Å². The number of carbonyl (C=O) groups is 4. The van der Waals surface area contributed by atoms with Crippen molar-refractivity contribution in [2.45, 2.75) is 393 Å². The molecule has 0 amide bonds. The van der Waals surface area contributed by atoms with Crippen LogP contribution in [0.4, 0.5) is 0 Å². The summed E-state index contributed by atoms with van der Waals surface area (Å²) in [5, 5.41) is 10.7. The van der Waals surface area contributed by atoms with E-state index in [-0.39, 0.29) is 25.7 Å². The van der Waals surface area contributed by atoms with Crippen molar-refractivity contribution in [2.24, 2.45) is 0 Å². The summed E-state index contributed by atoms with van der Waals surface area (Å²) in [5.41, 5.74) is 0. The topological polar surface area (TPSA) is 237 Å². The number of hydrogen-bond donors (Lipinski definition) is 3. The first-order valence-electron chi connectivity index (χ1n) is 41.8. The minimum Gasteiger partial charge on any atom is -0.462 e. The van der Waals surface area contributed by atoms with E-state index in [9.17, 15) is 43.2 Å². The molecule has 0 aliphatic rings. The number of rotatable bonds is 79. The van der Waals surface area contributed by atoms with Crippen molar-refractivity contribution < 1.29 is 80.2 Å². The number of phosphoric ester groups is 2. The summed E-state index contributed by atoms with van der Waals surface area (Å²) in [6.45, 7) is 4.80. The van der Waals surface area contributed by atoms with E-state index >= 15 is 0 Å². The zero-order valence-electron chi connectivity index (χ0n) is 66.2. The normalized spacial score (nSPS) is 14.3. The first kappa shape index (κ1) is 100. The minimum absolute atomic E-state index is 0.0253. The van der Waals surface area contributed by atoms with E-state index in [0.717, 1.165) is 135 Å². The Balaban J connectivity index is 5.41. The lowest BCUT2D eigenvalue weighted by Gasteiger charge is -2.21. The molecule has 0 radical (unpaired) electrons. The summed E-state index contributed by atoms with van der Waals surface area (Å²) < 4.78 is 68.6. The van der Waals surface area contributed by atoms with Crippen LogP contribution in [0.2, 0.25) is 0 Å². The van der Waals surface area contributed by atoms with Crippen molar-refractivity contribution in [1.29, 1.82) is 0 Å². The van der Waals surface area contributed by atoms with Crippen LogP contribution in [0.1, 0.15) is 374 Å². The quantitative estimate of drug-likeness (QED) is 0.0169. The Morgan fingerprint density at radius 3 is 0.817 bits per heavy atom. The van der Waals surface area contributed by atoms with E-state index in [4.69, 9.17) is 37.0 Å². The van der Waals surface area contributed by atoms with E-state index in [1.165, 1.54) is 154 Å². The van der Waals surface area contributed by atoms with Crippen molar-refractivity contribution in [2.75, 3.05) is 39.6 Å². The van der Waals surface area contributed by atoms with Crippen molar-refractivity contribution in [3.05, 3.63) is 85.1 Å². The fraction of sp³-hybridized carbons (Fsp3) is 0.788. The highest BCUT2D eigenvalue weighted by atomic mass is 31.2. The summed E-state index contributed by atoms with van der Waals surface area (Å²) in [6, 6.07) is 0. The highest BCUT2D eigenvalue weighted by Gasteiger charge is 2.30. The van der Waals surface area contributed by atoms with Gasteiger partial charge in [-0.1, -0.05) is 318 Å². The summed E-state index contributed by atoms with van der Waals surface area (Å²) in [4.78, 5) is 73.1. The number of carbonyl (C=O) groups excluding carboxylic acids is 4. The molecule has 0 saturated heterocycles. The van der Waals surface area contributed by atoms with Gasteiger partial charge in [-0.15, -0.1) is 0 Å². The SMILES string of the molecule is CCCCC/C=C\C/C=C\C/C=C\C/C=C\C/C=C\CCC(=O)O[C@H](COC(=O)CCCCCCCCCCCCCCCCC)COP(=O)(O)OC[C@H](O)COP(=O)(O)OC[C@@H](COC(=O)CCCCCCC/C=C\CCCCCCCC)OC(=O)CCCCCCCCC/C=C\CCCCCC. The van der Waals surface area contributed by atoms with Crippen LogP contribution in [0.3, 0.4) is 0 Å². The highest BCUT2D eigenvalue weighted by molar-refractivity contribution is 7.47. The largest absolute Gasteiger partial charge is 0.472 e. The Bertz CT molecular complexity index is 2300. The average molecular weight is 1510 g/mol. The Labute approximate surface area is 634 Å². The highest BCUT2D eigenvalue weighted by Crippen LogP contribution is 2.45. The maximum atomic E-state index is 13.1. The van der Waals surface area contributed by atoms with Crippen molar-refractivity contribution >= 4 is 39.5 Å². The van der Waals surface area contributed by atoms with Gasteiger partial charge in [-0.05, 0) is 116 Å².